The summed E-state index contributed by atoms with van der Waals surface area (Å²) in [5.74, 6) is 1.55. The second-order valence-electron chi connectivity index (χ2n) is 5.87. The number of fused-ring (bicyclic) bond motifs is 1. The van der Waals surface area contributed by atoms with Crippen LogP contribution in [-0.4, -0.2) is 29.1 Å². The minimum absolute atomic E-state index is 0.139. The number of hydrogen-bond acceptors (Lipinski definition) is 3. The van der Waals surface area contributed by atoms with E-state index in [-0.39, 0.29) is 5.91 Å². The molecule has 3 rings (SSSR count). The number of ether oxygens (including phenoxy) is 1. The predicted molar refractivity (Wildman–Crippen MR) is 104 cm³/mol. The molecule has 0 saturated heterocycles. The molecule has 0 saturated carbocycles. The summed E-state index contributed by atoms with van der Waals surface area (Å²) in [6, 6.07) is 13.1. The molecule has 0 radical (unpaired) electrons. The SMILES string of the molecule is COc1ccc2c(c1)nc(CCNC(=O)/C=C/c1ccc(Cl)cc1)n2C. The highest BCUT2D eigenvalue weighted by atomic mass is 35.5. The van der Waals surface area contributed by atoms with Crippen LogP contribution in [0.1, 0.15) is 11.4 Å². The minimum atomic E-state index is -0.139. The lowest BCUT2D eigenvalue weighted by atomic mass is 10.2. The normalized spacial score (nSPS) is 11.2. The van der Waals surface area contributed by atoms with Crippen LogP contribution < -0.4 is 10.1 Å². The maximum Gasteiger partial charge on any atom is 0.244 e. The topological polar surface area (TPSA) is 56.1 Å². The maximum absolute atomic E-state index is 11.9. The highest BCUT2D eigenvalue weighted by Crippen LogP contribution is 2.21. The summed E-state index contributed by atoms with van der Waals surface area (Å²) in [5, 5.41) is 3.55. The smallest absolute Gasteiger partial charge is 0.244 e. The highest BCUT2D eigenvalue weighted by molar-refractivity contribution is 6.30. The van der Waals surface area contributed by atoms with Crippen molar-refractivity contribution in [2.24, 2.45) is 7.05 Å². The lowest BCUT2D eigenvalue weighted by molar-refractivity contribution is -0.116. The Morgan fingerprint density at radius 1 is 1.27 bits per heavy atom. The molecule has 0 bridgehead atoms. The second-order valence-corrected chi connectivity index (χ2v) is 6.30. The number of amides is 1. The van der Waals surface area contributed by atoms with E-state index in [1.807, 2.05) is 41.9 Å². The number of imidazole rings is 1. The number of hydrogen-bond donors (Lipinski definition) is 1. The van der Waals surface area contributed by atoms with Crippen molar-refractivity contribution in [1.29, 1.82) is 0 Å². The fourth-order valence-electron chi connectivity index (χ4n) is 2.68. The van der Waals surface area contributed by atoms with Gasteiger partial charge in [0.1, 0.15) is 11.6 Å². The molecule has 1 heterocycles. The van der Waals surface area contributed by atoms with Crippen molar-refractivity contribution in [2.75, 3.05) is 13.7 Å². The average Bonchev–Trinajstić information content (AvgIpc) is 2.96. The van der Waals surface area contributed by atoms with E-state index < -0.39 is 0 Å². The van der Waals surface area contributed by atoms with Gasteiger partial charge in [0.25, 0.3) is 0 Å². The number of nitrogens with zero attached hydrogens (tertiary/aromatic N) is 2. The fraction of sp³-hybridized carbons (Fsp3) is 0.200. The van der Waals surface area contributed by atoms with E-state index in [4.69, 9.17) is 16.3 Å². The highest BCUT2D eigenvalue weighted by Gasteiger charge is 2.08. The Kier molecular flexibility index (Phi) is 5.58. The molecule has 0 atom stereocenters. The lowest BCUT2D eigenvalue weighted by Gasteiger charge is -2.03. The Morgan fingerprint density at radius 3 is 2.77 bits per heavy atom. The third-order valence-corrected chi connectivity index (χ3v) is 4.38. The van der Waals surface area contributed by atoms with E-state index in [2.05, 4.69) is 10.3 Å². The fourth-order valence-corrected chi connectivity index (χ4v) is 2.81. The largest absolute Gasteiger partial charge is 0.497 e. The Labute approximate surface area is 157 Å². The molecule has 0 aliphatic rings. The van der Waals surface area contributed by atoms with Gasteiger partial charge < -0.3 is 14.6 Å². The molecule has 0 aliphatic heterocycles. The second kappa shape index (κ2) is 8.06. The van der Waals surface area contributed by atoms with Gasteiger partial charge in [0.05, 0.1) is 18.1 Å². The summed E-state index contributed by atoms with van der Waals surface area (Å²) in [7, 11) is 3.61. The Morgan fingerprint density at radius 2 is 2.04 bits per heavy atom. The summed E-state index contributed by atoms with van der Waals surface area (Å²) in [6.45, 7) is 0.512. The molecular formula is C20H20ClN3O2. The zero-order chi connectivity index (χ0) is 18.5. The molecule has 0 aliphatic carbocycles. The van der Waals surface area contributed by atoms with Crippen LogP contribution in [0.25, 0.3) is 17.1 Å². The van der Waals surface area contributed by atoms with E-state index in [1.54, 1.807) is 25.3 Å². The van der Waals surface area contributed by atoms with Crippen LogP contribution in [0.2, 0.25) is 5.02 Å². The number of carbonyl (C=O) groups excluding carboxylic acids is 1. The molecule has 134 valence electrons. The van der Waals surface area contributed by atoms with Crippen LogP contribution in [0.4, 0.5) is 0 Å². The third kappa shape index (κ3) is 4.24. The summed E-state index contributed by atoms with van der Waals surface area (Å²) in [4.78, 5) is 16.6. The number of benzene rings is 2. The molecule has 1 amide bonds. The van der Waals surface area contributed by atoms with Gasteiger partial charge in [-0.25, -0.2) is 4.98 Å². The van der Waals surface area contributed by atoms with E-state index in [0.717, 1.165) is 28.2 Å². The van der Waals surface area contributed by atoms with Gasteiger partial charge in [0.15, 0.2) is 0 Å². The van der Waals surface area contributed by atoms with Gasteiger partial charge in [-0.15, -0.1) is 0 Å². The van der Waals surface area contributed by atoms with Crippen LogP contribution in [0.15, 0.2) is 48.5 Å². The van der Waals surface area contributed by atoms with E-state index in [0.29, 0.717) is 18.0 Å². The first-order valence-electron chi connectivity index (χ1n) is 8.27. The van der Waals surface area contributed by atoms with Crippen molar-refractivity contribution in [2.45, 2.75) is 6.42 Å². The molecule has 26 heavy (non-hydrogen) atoms. The quantitative estimate of drug-likeness (QED) is 0.675. The number of nitrogens with one attached hydrogen (secondary N) is 1. The van der Waals surface area contributed by atoms with E-state index in [9.17, 15) is 4.79 Å². The van der Waals surface area contributed by atoms with Crippen molar-refractivity contribution in [1.82, 2.24) is 14.9 Å². The Hall–Kier alpha value is -2.79. The molecule has 0 unspecified atom stereocenters. The molecule has 6 heteroatoms. The zero-order valence-corrected chi connectivity index (χ0v) is 15.5. The van der Waals surface area contributed by atoms with Crippen molar-refractivity contribution in [3.8, 4) is 5.75 Å². The van der Waals surface area contributed by atoms with Crippen molar-refractivity contribution < 1.29 is 9.53 Å². The molecule has 5 nitrogen and oxygen atoms in total. The molecule has 0 fully saturated rings. The molecule has 1 N–H and O–H groups in total. The zero-order valence-electron chi connectivity index (χ0n) is 14.7. The minimum Gasteiger partial charge on any atom is -0.497 e. The van der Waals surface area contributed by atoms with Crippen LogP contribution >= 0.6 is 11.6 Å². The third-order valence-electron chi connectivity index (χ3n) is 4.13. The van der Waals surface area contributed by atoms with Gasteiger partial charge in [-0.1, -0.05) is 23.7 Å². The van der Waals surface area contributed by atoms with Gasteiger partial charge in [0.2, 0.25) is 5.91 Å². The van der Waals surface area contributed by atoms with Gasteiger partial charge >= 0.3 is 0 Å². The van der Waals surface area contributed by atoms with Gasteiger partial charge in [0, 0.05) is 37.2 Å². The van der Waals surface area contributed by atoms with E-state index >= 15 is 0 Å². The van der Waals surface area contributed by atoms with Crippen molar-refractivity contribution >= 4 is 34.6 Å². The molecule has 0 spiro atoms. The number of methoxy groups -OCH3 is 1. The molecular weight excluding hydrogens is 350 g/mol. The van der Waals surface area contributed by atoms with Crippen LogP contribution in [0.5, 0.6) is 5.75 Å². The molecule has 2 aromatic carbocycles. The monoisotopic (exact) mass is 369 g/mol. The van der Waals surface area contributed by atoms with Crippen molar-refractivity contribution in [3.63, 3.8) is 0 Å². The Balaban J connectivity index is 1.57. The maximum atomic E-state index is 11.9. The lowest BCUT2D eigenvalue weighted by Crippen LogP contribution is -2.24. The van der Waals surface area contributed by atoms with Gasteiger partial charge in [-0.05, 0) is 35.9 Å². The number of aryl methyl sites for hydroxylation is 1. The number of carbonyl (C=O) groups is 1. The average molecular weight is 370 g/mol. The van der Waals surface area contributed by atoms with Crippen molar-refractivity contribution in [3.05, 3.63) is 65.0 Å². The number of aromatic nitrogens is 2. The Bertz CT molecular complexity index is 946. The van der Waals surface area contributed by atoms with Gasteiger partial charge in [-0.3, -0.25) is 4.79 Å². The molecule has 3 aromatic rings. The van der Waals surface area contributed by atoms with Crippen LogP contribution in [0, 0.1) is 0 Å². The number of rotatable bonds is 6. The number of halogens is 1. The standard InChI is InChI=1S/C20H20ClN3O2/c1-24-18-9-8-16(26-2)13-17(18)23-19(24)11-12-22-20(25)10-5-14-3-6-15(21)7-4-14/h3-10,13H,11-12H2,1-2H3,(H,22,25)/b10-5+. The van der Waals surface area contributed by atoms with Gasteiger partial charge in [-0.2, -0.15) is 0 Å². The van der Waals surface area contributed by atoms with Crippen LogP contribution in [-0.2, 0) is 18.3 Å². The summed E-state index contributed by atoms with van der Waals surface area (Å²) in [5.41, 5.74) is 2.85. The van der Waals surface area contributed by atoms with Crippen LogP contribution in [0.3, 0.4) is 0 Å². The molecule has 1 aromatic heterocycles. The first-order valence-corrected chi connectivity index (χ1v) is 8.65. The predicted octanol–water partition coefficient (Wildman–Crippen LogP) is 3.61. The first kappa shape index (κ1) is 18.0. The first-order chi connectivity index (χ1) is 12.6. The summed E-state index contributed by atoms with van der Waals surface area (Å²) in [6.07, 6.45) is 3.92. The summed E-state index contributed by atoms with van der Waals surface area (Å²) >= 11 is 5.84. The van der Waals surface area contributed by atoms with E-state index in [1.165, 1.54) is 6.08 Å². The summed E-state index contributed by atoms with van der Waals surface area (Å²) < 4.78 is 7.26.